The van der Waals surface area contributed by atoms with Gasteiger partial charge < -0.3 is 14.4 Å². The van der Waals surface area contributed by atoms with Gasteiger partial charge in [0.05, 0.1) is 16.6 Å². The van der Waals surface area contributed by atoms with Gasteiger partial charge in [-0.05, 0) is 134 Å². The van der Waals surface area contributed by atoms with Gasteiger partial charge >= 0.3 is 0 Å². The first-order chi connectivity index (χ1) is 32.2. The zero-order chi connectivity index (χ0) is 43.1. The quantitative estimate of drug-likeness (QED) is 0.159. The minimum absolute atomic E-state index is 0.577. The fourth-order valence-corrected chi connectivity index (χ4v) is 11.3. The number of hydrogen-bond acceptors (Lipinski definition) is 2. The molecule has 306 valence electrons. The maximum Gasteiger partial charge on any atom is 0.0727 e. The van der Waals surface area contributed by atoms with Crippen molar-refractivity contribution in [1.29, 1.82) is 0 Å². The number of para-hydroxylation sites is 3. The lowest BCUT2D eigenvalue weighted by Crippen LogP contribution is -2.26. The molecule has 0 radical (unpaired) electrons. The van der Waals surface area contributed by atoms with Gasteiger partial charge in [0.15, 0.2) is 0 Å². The van der Waals surface area contributed by atoms with E-state index in [4.69, 9.17) is 0 Å². The highest BCUT2D eigenvalue weighted by atomic mass is 15.2. The molecule has 0 saturated carbocycles. The lowest BCUT2D eigenvalue weighted by atomic mass is 9.70. The summed E-state index contributed by atoms with van der Waals surface area (Å²) in [6, 6.07) is 89.5. The predicted octanol–water partition coefficient (Wildman–Crippen LogP) is 16.3. The largest absolute Gasteiger partial charge is 0.344 e. The van der Waals surface area contributed by atoms with Gasteiger partial charge in [-0.25, -0.2) is 0 Å². The van der Waals surface area contributed by atoms with Crippen LogP contribution in [0.4, 0.5) is 34.1 Å². The maximum absolute atomic E-state index is 2.51. The molecular weight excluding hydrogens is 787 g/mol. The zero-order valence-electron chi connectivity index (χ0n) is 35.9. The third kappa shape index (κ3) is 5.49. The number of anilines is 6. The second kappa shape index (κ2) is 14.6. The third-order valence-corrected chi connectivity index (χ3v) is 14.0. The molecule has 3 heteroatoms. The van der Waals surface area contributed by atoms with Crippen molar-refractivity contribution in [3.8, 4) is 33.4 Å². The Morgan fingerprint density at radius 1 is 0.323 bits per heavy atom. The molecule has 0 fully saturated rings. The molecule has 0 amide bonds. The van der Waals surface area contributed by atoms with Crippen LogP contribution in [0, 0.1) is 0 Å². The highest BCUT2D eigenvalue weighted by Crippen LogP contribution is 2.64. The fourth-order valence-electron chi connectivity index (χ4n) is 11.3. The first-order valence-corrected chi connectivity index (χ1v) is 22.5. The Kier molecular flexibility index (Phi) is 8.34. The van der Waals surface area contributed by atoms with Crippen molar-refractivity contribution < 1.29 is 0 Å². The number of nitrogens with zero attached hydrogens (tertiary/aromatic N) is 3. The first kappa shape index (κ1) is 37.2. The van der Waals surface area contributed by atoms with Crippen LogP contribution in [0.2, 0.25) is 0 Å². The van der Waals surface area contributed by atoms with Crippen molar-refractivity contribution in [1.82, 2.24) is 4.57 Å². The molecule has 3 nitrogen and oxygen atoms in total. The minimum atomic E-state index is -0.577. The first-order valence-electron chi connectivity index (χ1n) is 22.5. The SMILES string of the molecule is Cn1c2ccccc2c2c(N(c3cccc(-c4ccccc4)c3)c3ccc4c(c3)C3(c5ccccc5-c5ccc(N(c6ccccc6)c6ccccc6)cc53)c3ccccc3-4)cccc21. The van der Waals surface area contributed by atoms with E-state index in [1.54, 1.807) is 0 Å². The summed E-state index contributed by atoms with van der Waals surface area (Å²) in [5.74, 6) is 0. The normalized spacial score (nSPS) is 14.3. The third-order valence-electron chi connectivity index (χ3n) is 14.0. The smallest absolute Gasteiger partial charge is 0.0727 e. The summed E-state index contributed by atoms with van der Waals surface area (Å²) in [6.07, 6.45) is 0. The summed E-state index contributed by atoms with van der Waals surface area (Å²) in [7, 11) is 2.19. The van der Waals surface area contributed by atoms with E-state index in [0.717, 1.165) is 34.1 Å². The summed E-state index contributed by atoms with van der Waals surface area (Å²) in [6.45, 7) is 0. The molecule has 10 aromatic carbocycles. The van der Waals surface area contributed by atoms with Gasteiger partial charge in [-0.1, -0.05) is 164 Å². The second-order valence-electron chi connectivity index (χ2n) is 17.3. The highest BCUT2D eigenvalue weighted by Gasteiger charge is 2.52. The van der Waals surface area contributed by atoms with Gasteiger partial charge in [-0.3, -0.25) is 0 Å². The molecule has 1 unspecified atom stereocenters. The molecule has 11 aromatic rings. The Labute approximate surface area is 379 Å². The van der Waals surface area contributed by atoms with Gasteiger partial charge in [0, 0.05) is 51.8 Å². The van der Waals surface area contributed by atoms with Crippen LogP contribution in [0.1, 0.15) is 22.3 Å². The highest BCUT2D eigenvalue weighted by molar-refractivity contribution is 6.16. The van der Waals surface area contributed by atoms with Crippen LogP contribution in [0.25, 0.3) is 55.2 Å². The van der Waals surface area contributed by atoms with Crippen molar-refractivity contribution in [3.05, 3.63) is 265 Å². The van der Waals surface area contributed by atoms with E-state index in [0.29, 0.717) is 0 Å². The Morgan fingerprint density at radius 2 is 0.785 bits per heavy atom. The molecule has 1 spiro atoms. The number of hydrogen-bond donors (Lipinski definition) is 0. The summed E-state index contributed by atoms with van der Waals surface area (Å²) in [4.78, 5) is 4.89. The van der Waals surface area contributed by atoms with Crippen molar-refractivity contribution >= 4 is 55.9 Å². The molecule has 0 bridgehead atoms. The summed E-state index contributed by atoms with van der Waals surface area (Å²) >= 11 is 0. The molecule has 1 heterocycles. The van der Waals surface area contributed by atoms with E-state index >= 15 is 0 Å². The van der Waals surface area contributed by atoms with E-state index in [9.17, 15) is 0 Å². The molecule has 0 aliphatic heterocycles. The molecule has 0 N–H and O–H groups in total. The molecule has 65 heavy (non-hydrogen) atoms. The van der Waals surface area contributed by atoms with Gasteiger partial charge in [0.25, 0.3) is 0 Å². The topological polar surface area (TPSA) is 11.4 Å². The van der Waals surface area contributed by atoms with Crippen LogP contribution < -0.4 is 9.80 Å². The van der Waals surface area contributed by atoms with Crippen molar-refractivity contribution in [2.24, 2.45) is 7.05 Å². The van der Waals surface area contributed by atoms with Crippen LogP contribution >= 0.6 is 0 Å². The van der Waals surface area contributed by atoms with Gasteiger partial charge in [0.1, 0.15) is 0 Å². The fraction of sp³-hybridized carbons (Fsp3) is 0.0323. The molecule has 1 aromatic heterocycles. The molecule has 13 rings (SSSR count). The average Bonchev–Trinajstić information content (AvgIpc) is 3.96. The zero-order valence-corrected chi connectivity index (χ0v) is 35.9. The van der Waals surface area contributed by atoms with Crippen LogP contribution in [-0.4, -0.2) is 4.57 Å². The molecule has 2 aliphatic carbocycles. The van der Waals surface area contributed by atoms with E-state index in [-0.39, 0.29) is 0 Å². The standard InChI is InChI=1S/C62H43N3/c1-63-58-32-16-13-29-53(58)61-59(63)33-18-34-60(61)65(46-26-17-21-43(39-46)42-19-5-2-6-20-42)48-36-38-52-50-28-12-15-31-55(50)62(57(52)41-48)54-30-14-11-27-49(54)51-37-35-47(40-56(51)62)64(44-22-7-3-8-23-44)45-24-9-4-10-25-45/h2-41H,1H3. The Balaban J connectivity index is 1.09. The van der Waals surface area contributed by atoms with E-state index in [1.807, 2.05) is 0 Å². The monoisotopic (exact) mass is 829 g/mol. The molecule has 2 aliphatic rings. The van der Waals surface area contributed by atoms with Crippen LogP contribution in [0.15, 0.2) is 243 Å². The minimum Gasteiger partial charge on any atom is -0.344 e. The summed E-state index contributed by atoms with van der Waals surface area (Å²) in [5.41, 5.74) is 21.2. The van der Waals surface area contributed by atoms with E-state index in [2.05, 4.69) is 264 Å². The number of aryl methyl sites for hydroxylation is 1. The summed E-state index contributed by atoms with van der Waals surface area (Å²) in [5, 5.41) is 2.47. The van der Waals surface area contributed by atoms with Gasteiger partial charge in [0.2, 0.25) is 0 Å². The average molecular weight is 830 g/mol. The van der Waals surface area contributed by atoms with Gasteiger partial charge in [-0.15, -0.1) is 0 Å². The Morgan fingerprint density at radius 3 is 1.43 bits per heavy atom. The lowest BCUT2D eigenvalue weighted by molar-refractivity contribution is 0.793. The van der Waals surface area contributed by atoms with E-state index < -0.39 is 5.41 Å². The lowest BCUT2D eigenvalue weighted by Gasteiger charge is -2.33. The second-order valence-corrected chi connectivity index (χ2v) is 17.3. The number of aromatic nitrogens is 1. The van der Waals surface area contributed by atoms with Crippen molar-refractivity contribution in [3.63, 3.8) is 0 Å². The Hall–Kier alpha value is -8.40. The van der Waals surface area contributed by atoms with Crippen molar-refractivity contribution in [2.75, 3.05) is 9.80 Å². The van der Waals surface area contributed by atoms with Crippen LogP contribution in [0.3, 0.4) is 0 Å². The molecule has 1 atom stereocenters. The maximum atomic E-state index is 2.51. The molecular formula is C62H43N3. The Bertz CT molecular complexity index is 3570. The van der Waals surface area contributed by atoms with Crippen LogP contribution in [0.5, 0.6) is 0 Å². The van der Waals surface area contributed by atoms with Crippen LogP contribution in [-0.2, 0) is 12.5 Å². The van der Waals surface area contributed by atoms with E-state index in [1.165, 1.54) is 77.4 Å². The summed E-state index contributed by atoms with van der Waals surface area (Å²) < 4.78 is 2.33. The number of fused-ring (bicyclic) bond motifs is 13. The number of benzene rings is 10. The predicted molar refractivity (Wildman–Crippen MR) is 272 cm³/mol. The number of rotatable bonds is 7. The molecule has 0 saturated heterocycles. The van der Waals surface area contributed by atoms with Gasteiger partial charge in [-0.2, -0.15) is 0 Å². The van der Waals surface area contributed by atoms with Crippen molar-refractivity contribution in [2.45, 2.75) is 5.41 Å².